The van der Waals surface area contributed by atoms with Crippen LogP contribution < -0.4 is 10.1 Å². The van der Waals surface area contributed by atoms with Gasteiger partial charge >= 0.3 is 0 Å². The van der Waals surface area contributed by atoms with Crippen LogP contribution in [0.5, 0.6) is 5.75 Å². The van der Waals surface area contributed by atoms with Crippen LogP contribution in [0.1, 0.15) is 55.8 Å². The zero-order chi connectivity index (χ0) is 18.8. The number of rotatable bonds is 10. The molecule has 2 aromatic rings. The third-order valence-electron chi connectivity index (χ3n) is 4.06. The van der Waals surface area contributed by atoms with Crippen molar-refractivity contribution in [2.75, 3.05) is 11.9 Å². The Kier molecular flexibility index (Phi) is 8.99. The Morgan fingerprint density at radius 2 is 1.73 bits per heavy atom. The van der Waals surface area contributed by atoms with Crippen molar-refractivity contribution >= 4 is 39.1 Å². The molecule has 0 aliphatic rings. The van der Waals surface area contributed by atoms with Gasteiger partial charge in [-0.3, -0.25) is 4.79 Å². The van der Waals surface area contributed by atoms with Gasteiger partial charge in [0, 0.05) is 15.7 Å². The Morgan fingerprint density at radius 1 is 1.04 bits per heavy atom. The van der Waals surface area contributed by atoms with Crippen LogP contribution in [0.3, 0.4) is 0 Å². The summed E-state index contributed by atoms with van der Waals surface area (Å²) in [5.74, 6) is 0.618. The third-order valence-corrected chi connectivity index (χ3v) is 5.29. The predicted octanol–water partition coefficient (Wildman–Crippen LogP) is 7.09. The maximum Gasteiger partial charge on any atom is 0.255 e. The molecule has 0 fully saturated rings. The van der Waals surface area contributed by atoms with Gasteiger partial charge in [0.1, 0.15) is 5.75 Å². The van der Waals surface area contributed by atoms with Crippen LogP contribution in [0, 0.1) is 0 Å². The first-order chi connectivity index (χ1) is 12.6. The summed E-state index contributed by atoms with van der Waals surface area (Å²) in [5.41, 5.74) is 1.24. The first-order valence-corrected chi connectivity index (χ1v) is 10.3. The molecule has 0 heterocycles. The summed E-state index contributed by atoms with van der Waals surface area (Å²) in [6.45, 7) is 2.94. The average molecular weight is 439 g/mol. The normalized spacial score (nSPS) is 10.6. The highest BCUT2D eigenvalue weighted by molar-refractivity contribution is 9.10. The second kappa shape index (κ2) is 11.2. The van der Waals surface area contributed by atoms with Crippen molar-refractivity contribution in [1.82, 2.24) is 0 Å². The Morgan fingerprint density at radius 3 is 2.42 bits per heavy atom. The molecule has 140 valence electrons. The van der Waals surface area contributed by atoms with Crippen molar-refractivity contribution in [3.63, 3.8) is 0 Å². The lowest BCUT2D eigenvalue weighted by Gasteiger charge is -2.09. The van der Waals surface area contributed by atoms with Gasteiger partial charge in [-0.05, 0) is 64.8 Å². The smallest absolute Gasteiger partial charge is 0.255 e. The molecule has 0 aliphatic heterocycles. The number of benzene rings is 2. The van der Waals surface area contributed by atoms with E-state index in [-0.39, 0.29) is 5.91 Å². The number of carbonyl (C=O) groups is 1. The molecule has 0 radical (unpaired) electrons. The molecule has 2 aromatic carbocycles. The maximum atomic E-state index is 12.3. The largest absolute Gasteiger partial charge is 0.494 e. The van der Waals surface area contributed by atoms with Gasteiger partial charge in [0.2, 0.25) is 0 Å². The summed E-state index contributed by atoms with van der Waals surface area (Å²) in [6, 6.07) is 12.5. The summed E-state index contributed by atoms with van der Waals surface area (Å²) in [5, 5.41) is 3.39. The minimum absolute atomic E-state index is 0.175. The summed E-state index contributed by atoms with van der Waals surface area (Å²) < 4.78 is 6.54. The van der Waals surface area contributed by atoms with Gasteiger partial charge in [-0.2, -0.15) is 0 Å². The molecule has 26 heavy (non-hydrogen) atoms. The van der Waals surface area contributed by atoms with Crippen molar-refractivity contribution in [2.24, 2.45) is 0 Å². The van der Waals surface area contributed by atoms with Crippen LogP contribution in [0.4, 0.5) is 5.69 Å². The third kappa shape index (κ3) is 7.00. The van der Waals surface area contributed by atoms with E-state index >= 15 is 0 Å². The molecule has 1 N–H and O–H groups in total. The lowest BCUT2D eigenvalue weighted by molar-refractivity contribution is 0.102. The summed E-state index contributed by atoms with van der Waals surface area (Å²) in [6.07, 6.45) is 7.44. The quantitative estimate of drug-likeness (QED) is 0.402. The van der Waals surface area contributed by atoms with Gasteiger partial charge in [0.25, 0.3) is 5.91 Å². The van der Waals surface area contributed by atoms with E-state index in [0.717, 1.165) is 23.2 Å². The highest BCUT2D eigenvalue weighted by Gasteiger charge is 2.07. The average Bonchev–Trinajstić information content (AvgIpc) is 2.64. The van der Waals surface area contributed by atoms with E-state index in [9.17, 15) is 4.79 Å². The predicted molar refractivity (Wildman–Crippen MR) is 112 cm³/mol. The van der Waals surface area contributed by atoms with Crippen LogP contribution in [0.25, 0.3) is 0 Å². The second-order valence-electron chi connectivity index (χ2n) is 6.22. The van der Waals surface area contributed by atoms with Gasteiger partial charge in [0.05, 0.1) is 11.6 Å². The Bertz CT molecular complexity index is 704. The Labute approximate surface area is 169 Å². The molecule has 5 heteroatoms. The second-order valence-corrected chi connectivity index (χ2v) is 7.49. The monoisotopic (exact) mass is 437 g/mol. The molecule has 0 spiro atoms. The molecule has 2 rings (SSSR count). The molecule has 0 saturated heterocycles. The minimum Gasteiger partial charge on any atom is -0.494 e. The first-order valence-electron chi connectivity index (χ1n) is 9.09. The molecule has 3 nitrogen and oxygen atoms in total. The first kappa shape index (κ1) is 20.8. The fourth-order valence-electron chi connectivity index (χ4n) is 2.55. The number of hydrogen-bond donors (Lipinski definition) is 1. The van der Waals surface area contributed by atoms with E-state index in [2.05, 4.69) is 28.2 Å². The zero-order valence-corrected chi connectivity index (χ0v) is 17.4. The van der Waals surface area contributed by atoms with Crippen molar-refractivity contribution in [3.8, 4) is 5.75 Å². The van der Waals surface area contributed by atoms with Gasteiger partial charge in [-0.1, -0.05) is 50.6 Å². The number of amides is 1. The molecule has 0 aromatic heterocycles. The fourth-order valence-corrected chi connectivity index (χ4v) is 2.98. The Hall–Kier alpha value is -1.52. The van der Waals surface area contributed by atoms with Crippen LogP contribution in [0.15, 0.2) is 46.9 Å². The number of nitrogens with one attached hydrogen (secondary N) is 1. The number of hydrogen-bond acceptors (Lipinski definition) is 2. The number of anilines is 1. The van der Waals surface area contributed by atoms with Crippen molar-refractivity contribution in [3.05, 3.63) is 57.5 Å². The van der Waals surface area contributed by atoms with Crippen LogP contribution in [0.2, 0.25) is 5.02 Å². The molecule has 0 bridgehead atoms. The van der Waals surface area contributed by atoms with E-state index < -0.39 is 0 Å². The number of halogens is 2. The van der Waals surface area contributed by atoms with E-state index in [1.54, 1.807) is 30.3 Å². The van der Waals surface area contributed by atoms with Crippen molar-refractivity contribution in [1.29, 1.82) is 0 Å². The number of ether oxygens (including phenoxy) is 1. The van der Waals surface area contributed by atoms with Gasteiger partial charge in [0.15, 0.2) is 0 Å². The fraction of sp³-hybridized carbons (Fsp3) is 0.381. The maximum absolute atomic E-state index is 12.3. The van der Waals surface area contributed by atoms with Gasteiger partial charge in [-0.25, -0.2) is 0 Å². The van der Waals surface area contributed by atoms with Gasteiger partial charge in [-0.15, -0.1) is 0 Å². The SMILES string of the molecule is CCCCCCCCOc1ccc(C(=O)Nc2ccc(Br)c(Cl)c2)cc1. The standard InChI is InChI=1S/C21H25BrClNO2/c1-2-3-4-5-6-7-14-26-18-11-8-16(9-12-18)21(25)24-17-10-13-19(22)20(23)15-17/h8-13,15H,2-7,14H2,1H3,(H,24,25). The molecule has 1 amide bonds. The number of unbranched alkanes of at least 4 members (excludes halogenated alkanes) is 5. The zero-order valence-electron chi connectivity index (χ0n) is 15.1. The van der Waals surface area contributed by atoms with Crippen molar-refractivity contribution < 1.29 is 9.53 Å². The molecule has 0 unspecified atom stereocenters. The van der Waals surface area contributed by atoms with Gasteiger partial charge < -0.3 is 10.1 Å². The lowest BCUT2D eigenvalue weighted by atomic mass is 10.1. The highest BCUT2D eigenvalue weighted by atomic mass is 79.9. The summed E-state index contributed by atoms with van der Waals surface area (Å²) in [7, 11) is 0. The minimum atomic E-state index is -0.175. The van der Waals surface area contributed by atoms with Crippen LogP contribution >= 0.6 is 27.5 Å². The molecule has 0 aliphatic carbocycles. The topological polar surface area (TPSA) is 38.3 Å². The van der Waals surface area contributed by atoms with E-state index in [1.165, 1.54) is 32.1 Å². The van der Waals surface area contributed by atoms with Crippen LogP contribution in [-0.2, 0) is 0 Å². The summed E-state index contributed by atoms with van der Waals surface area (Å²) >= 11 is 9.38. The van der Waals surface area contributed by atoms with E-state index in [4.69, 9.17) is 16.3 Å². The highest BCUT2D eigenvalue weighted by Crippen LogP contribution is 2.26. The van der Waals surface area contributed by atoms with Crippen molar-refractivity contribution in [2.45, 2.75) is 45.4 Å². The lowest BCUT2D eigenvalue weighted by Crippen LogP contribution is -2.11. The molecular weight excluding hydrogens is 414 g/mol. The molecule has 0 atom stereocenters. The Balaban J connectivity index is 1.77. The molecule has 0 saturated carbocycles. The molecular formula is C21H25BrClNO2. The number of carbonyl (C=O) groups excluding carboxylic acids is 1. The van der Waals surface area contributed by atoms with E-state index in [1.807, 2.05) is 12.1 Å². The summed E-state index contributed by atoms with van der Waals surface area (Å²) in [4.78, 5) is 12.3. The van der Waals surface area contributed by atoms with Crippen LogP contribution in [-0.4, -0.2) is 12.5 Å². The van der Waals surface area contributed by atoms with E-state index in [0.29, 0.717) is 16.3 Å².